The lowest BCUT2D eigenvalue weighted by atomic mass is 10.1. The third-order valence-electron chi connectivity index (χ3n) is 6.05. The highest BCUT2D eigenvalue weighted by Crippen LogP contribution is 2.38. The first kappa shape index (κ1) is 21.0. The molecule has 0 N–H and O–H groups in total. The van der Waals surface area contributed by atoms with Gasteiger partial charge < -0.3 is 14.4 Å². The van der Waals surface area contributed by atoms with Crippen molar-refractivity contribution >= 4 is 28.4 Å². The van der Waals surface area contributed by atoms with Crippen LogP contribution in [0.5, 0.6) is 11.5 Å². The molecule has 3 aromatic rings. The highest BCUT2D eigenvalue weighted by Gasteiger charge is 2.23. The number of hydrogen-bond donors (Lipinski definition) is 0. The second kappa shape index (κ2) is 9.35. The summed E-state index contributed by atoms with van der Waals surface area (Å²) in [6.45, 7) is 5.14. The van der Waals surface area contributed by atoms with Crippen LogP contribution in [0.3, 0.4) is 0 Å². The van der Waals surface area contributed by atoms with E-state index in [1.54, 1.807) is 0 Å². The fourth-order valence-corrected chi connectivity index (χ4v) is 4.65. The molecular formula is C25H26ClN3O3. The molecule has 7 heteroatoms. The number of para-hydroxylation sites is 1. The van der Waals surface area contributed by atoms with E-state index in [-0.39, 0.29) is 5.91 Å². The number of carbonyl (C=O) groups excluding carboxylic acids is 1. The minimum absolute atomic E-state index is 0.113. The zero-order valence-corrected chi connectivity index (χ0v) is 18.7. The van der Waals surface area contributed by atoms with Gasteiger partial charge >= 0.3 is 0 Å². The Morgan fingerprint density at radius 1 is 1.03 bits per heavy atom. The van der Waals surface area contributed by atoms with E-state index < -0.39 is 0 Å². The predicted molar refractivity (Wildman–Crippen MR) is 124 cm³/mol. The number of benzene rings is 2. The smallest absolute Gasteiger partial charge is 0.227 e. The minimum atomic E-state index is 0.113. The lowest BCUT2D eigenvalue weighted by molar-refractivity contribution is -0.132. The molecule has 166 valence electrons. The highest BCUT2D eigenvalue weighted by molar-refractivity contribution is 6.32. The van der Waals surface area contributed by atoms with Crippen molar-refractivity contribution in [2.75, 3.05) is 39.4 Å². The molecule has 3 heterocycles. The molecule has 2 aromatic carbocycles. The summed E-state index contributed by atoms with van der Waals surface area (Å²) in [4.78, 5) is 21.8. The zero-order chi connectivity index (χ0) is 21.9. The van der Waals surface area contributed by atoms with E-state index in [0.29, 0.717) is 36.2 Å². The van der Waals surface area contributed by atoms with Crippen LogP contribution in [0.25, 0.3) is 10.9 Å². The van der Waals surface area contributed by atoms with Gasteiger partial charge in [0.1, 0.15) is 0 Å². The molecule has 5 rings (SSSR count). The van der Waals surface area contributed by atoms with Gasteiger partial charge in [0.2, 0.25) is 5.91 Å². The summed E-state index contributed by atoms with van der Waals surface area (Å²) >= 11 is 6.39. The van der Waals surface area contributed by atoms with Gasteiger partial charge in [-0.15, -0.1) is 0 Å². The van der Waals surface area contributed by atoms with Crippen LogP contribution in [-0.2, 0) is 17.8 Å². The van der Waals surface area contributed by atoms with Crippen molar-refractivity contribution in [3.8, 4) is 11.5 Å². The van der Waals surface area contributed by atoms with Crippen molar-refractivity contribution in [2.24, 2.45) is 0 Å². The van der Waals surface area contributed by atoms with Crippen LogP contribution in [0.4, 0.5) is 0 Å². The number of amides is 1. The molecule has 6 nitrogen and oxygen atoms in total. The van der Waals surface area contributed by atoms with Gasteiger partial charge in [0.15, 0.2) is 11.5 Å². The summed E-state index contributed by atoms with van der Waals surface area (Å²) in [5, 5.41) is 1.66. The molecular weight excluding hydrogens is 426 g/mol. The summed E-state index contributed by atoms with van der Waals surface area (Å²) in [5.74, 6) is 1.32. The quantitative estimate of drug-likeness (QED) is 0.601. The fraction of sp³-hybridized carbons (Fsp3) is 0.360. The number of rotatable bonds is 4. The number of halogens is 1. The number of carbonyl (C=O) groups is 1. The topological polar surface area (TPSA) is 54.9 Å². The van der Waals surface area contributed by atoms with E-state index in [1.807, 2.05) is 29.3 Å². The molecule has 1 amide bonds. The van der Waals surface area contributed by atoms with Crippen LogP contribution in [0.1, 0.15) is 17.5 Å². The number of hydrogen-bond acceptors (Lipinski definition) is 5. The van der Waals surface area contributed by atoms with E-state index >= 15 is 0 Å². The van der Waals surface area contributed by atoms with E-state index in [4.69, 9.17) is 21.1 Å². The van der Waals surface area contributed by atoms with Crippen LogP contribution in [0.2, 0.25) is 5.02 Å². The molecule has 0 saturated carbocycles. The number of pyridine rings is 1. The Labute approximate surface area is 192 Å². The van der Waals surface area contributed by atoms with Crippen molar-refractivity contribution in [3.05, 3.63) is 64.8 Å². The molecule has 2 aliphatic rings. The van der Waals surface area contributed by atoms with Crippen molar-refractivity contribution in [1.29, 1.82) is 0 Å². The maximum Gasteiger partial charge on any atom is 0.227 e. The maximum atomic E-state index is 12.9. The highest BCUT2D eigenvalue weighted by atomic mass is 35.5. The molecule has 1 fully saturated rings. The first-order chi connectivity index (χ1) is 15.7. The third-order valence-corrected chi connectivity index (χ3v) is 6.33. The third kappa shape index (κ3) is 4.52. The van der Waals surface area contributed by atoms with Gasteiger partial charge in [0.25, 0.3) is 0 Å². The largest absolute Gasteiger partial charge is 0.489 e. The number of ether oxygens (including phenoxy) is 2. The van der Waals surface area contributed by atoms with E-state index in [1.165, 1.54) is 5.56 Å². The minimum Gasteiger partial charge on any atom is -0.489 e. The van der Waals surface area contributed by atoms with Gasteiger partial charge in [-0.2, -0.15) is 0 Å². The Morgan fingerprint density at radius 3 is 2.72 bits per heavy atom. The van der Waals surface area contributed by atoms with Crippen molar-refractivity contribution in [3.63, 3.8) is 0 Å². The van der Waals surface area contributed by atoms with Gasteiger partial charge in [-0.05, 0) is 29.3 Å². The molecule has 32 heavy (non-hydrogen) atoms. The van der Waals surface area contributed by atoms with Crippen molar-refractivity contribution in [1.82, 2.24) is 14.8 Å². The zero-order valence-electron chi connectivity index (χ0n) is 17.9. The monoisotopic (exact) mass is 451 g/mol. The second-order valence-corrected chi connectivity index (χ2v) is 8.69. The van der Waals surface area contributed by atoms with Gasteiger partial charge in [-0.3, -0.25) is 14.7 Å². The lowest BCUT2D eigenvalue weighted by Crippen LogP contribution is -2.48. The Kier molecular flexibility index (Phi) is 6.14. The van der Waals surface area contributed by atoms with Crippen LogP contribution in [-0.4, -0.2) is 60.1 Å². The molecule has 0 radical (unpaired) electrons. The fourth-order valence-electron chi connectivity index (χ4n) is 4.36. The summed E-state index contributed by atoms with van der Waals surface area (Å²) < 4.78 is 11.4. The van der Waals surface area contributed by atoms with Gasteiger partial charge in [-0.1, -0.05) is 35.9 Å². The van der Waals surface area contributed by atoms with Crippen molar-refractivity contribution in [2.45, 2.75) is 19.4 Å². The average molecular weight is 452 g/mol. The lowest BCUT2D eigenvalue weighted by Gasteiger charge is -2.35. The van der Waals surface area contributed by atoms with Crippen LogP contribution >= 0.6 is 11.6 Å². The summed E-state index contributed by atoms with van der Waals surface area (Å²) in [6.07, 6.45) is 2.97. The molecule has 1 saturated heterocycles. The van der Waals surface area contributed by atoms with Crippen LogP contribution in [0.15, 0.2) is 48.7 Å². The van der Waals surface area contributed by atoms with Gasteiger partial charge in [-0.25, -0.2) is 0 Å². The average Bonchev–Trinajstić information content (AvgIpc) is 3.06. The number of fused-ring (bicyclic) bond motifs is 2. The molecule has 0 atom stereocenters. The van der Waals surface area contributed by atoms with E-state index in [0.717, 1.165) is 55.6 Å². The standard InChI is InChI=1S/C25H26ClN3O3/c26-21-14-18(15-22-25(21)32-13-3-12-31-22)16-23(30)29-10-8-28(9-11-29)17-20-5-1-4-19-6-2-7-27-24(19)20/h1-2,4-7,14-15H,3,8-13,16-17H2. The molecule has 1 aromatic heterocycles. The van der Waals surface area contributed by atoms with Crippen molar-refractivity contribution < 1.29 is 14.3 Å². The summed E-state index contributed by atoms with van der Waals surface area (Å²) in [6, 6.07) is 14.1. The first-order valence-corrected chi connectivity index (χ1v) is 11.5. The molecule has 0 bridgehead atoms. The van der Waals surface area contributed by atoms with E-state index in [9.17, 15) is 4.79 Å². The molecule has 0 aliphatic carbocycles. The van der Waals surface area contributed by atoms with E-state index in [2.05, 4.69) is 34.1 Å². The Morgan fingerprint density at radius 2 is 1.84 bits per heavy atom. The number of nitrogens with zero attached hydrogens (tertiary/aromatic N) is 3. The van der Waals surface area contributed by atoms with Gasteiger partial charge in [0, 0.05) is 50.7 Å². The SMILES string of the molecule is O=C(Cc1cc(Cl)c2c(c1)OCCCO2)N1CCN(Cc2cccc3cccnc23)CC1. The maximum absolute atomic E-state index is 12.9. The summed E-state index contributed by atoms with van der Waals surface area (Å²) in [5.41, 5.74) is 3.14. The Hall–Kier alpha value is -2.83. The van der Waals surface area contributed by atoms with Crippen LogP contribution in [0, 0.1) is 0 Å². The van der Waals surface area contributed by atoms with Crippen LogP contribution < -0.4 is 9.47 Å². The first-order valence-electron chi connectivity index (χ1n) is 11.1. The number of aromatic nitrogens is 1. The molecule has 2 aliphatic heterocycles. The normalized spacial score (nSPS) is 16.7. The Balaban J connectivity index is 1.20. The molecule has 0 spiro atoms. The molecule has 0 unspecified atom stereocenters. The van der Waals surface area contributed by atoms with Gasteiger partial charge in [0.05, 0.1) is 30.2 Å². The predicted octanol–water partition coefficient (Wildman–Crippen LogP) is 3.94. The second-order valence-electron chi connectivity index (χ2n) is 8.28. The number of piperazine rings is 1. The summed E-state index contributed by atoms with van der Waals surface area (Å²) in [7, 11) is 0. The Bertz CT molecular complexity index is 1120.